The summed E-state index contributed by atoms with van der Waals surface area (Å²) in [6.45, 7) is 0. The normalized spacial score (nSPS) is 24.5. The largest absolute Gasteiger partial charge is 0.481 e. The Kier molecular flexibility index (Phi) is 3.77. The molecule has 1 saturated carbocycles. The average Bonchev–Trinajstić information content (AvgIpc) is 2.33. The Morgan fingerprint density at radius 1 is 1.18 bits per heavy atom. The second-order valence-corrected chi connectivity index (χ2v) is 4.89. The topological polar surface area (TPSA) is 37.3 Å². The number of aliphatic carboxylic acids is 1. The van der Waals surface area contributed by atoms with E-state index < -0.39 is 5.97 Å². The maximum atomic E-state index is 12.7. The minimum Gasteiger partial charge on any atom is -0.481 e. The van der Waals surface area contributed by atoms with Crippen LogP contribution in [0.15, 0.2) is 24.3 Å². The molecule has 92 valence electrons. The molecule has 0 radical (unpaired) electrons. The molecule has 0 aromatic heterocycles. The lowest BCUT2D eigenvalue weighted by Crippen LogP contribution is -2.22. The maximum Gasteiger partial charge on any atom is 0.306 e. The lowest BCUT2D eigenvalue weighted by Gasteiger charge is -2.26. The molecule has 0 spiro atoms. The molecule has 1 fully saturated rings. The van der Waals surface area contributed by atoms with E-state index >= 15 is 0 Å². The maximum absolute atomic E-state index is 12.7. The van der Waals surface area contributed by atoms with Gasteiger partial charge in [-0.25, -0.2) is 4.39 Å². The number of rotatable bonds is 3. The molecule has 0 unspecified atom stereocenters. The fourth-order valence-electron chi connectivity index (χ4n) is 2.57. The van der Waals surface area contributed by atoms with Gasteiger partial charge >= 0.3 is 5.97 Å². The monoisotopic (exact) mass is 236 g/mol. The molecular weight excluding hydrogens is 219 g/mol. The third kappa shape index (κ3) is 3.29. The molecule has 0 amide bonds. The van der Waals surface area contributed by atoms with E-state index in [0.29, 0.717) is 5.92 Å². The molecular formula is C14H17FO2. The van der Waals surface area contributed by atoms with Crippen molar-refractivity contribution in [2.24, 2.45) is 11.8 Å². The zero-order valence-electron chi connectivity index (χ0n) is 9.73. The van der Waals surface area contributed by atoms with Gasteiger partial charge in [-0.1, -0.05) is 12.1 Å². The molecule has 1 aliphatic rings. The van der Waals surface area contributed by atoms with Crippen molar-refractivity contribution in [3.05, 3.63) is 35.6 Å². The summed E-state index contributed by atoms with van der Waals surface area (Å²) in [6, 6.07) is 6.60. The number of hydrogen-bond donors (Lipinski definition) is 1. The van der Waals surface area contributed by atoms with E-state index in [9.17, 15) is 9.18 Å². The Morgan fingerprint density at radius 2 is 1.76 bits per heavy atom. The lowest BCUT2D eigenvalue weighted by atomic mass is 9.79. The quantitative estimate of drug-likeness (QED) is 0.874. The van der Waals surface area contributed by atoms with Gasteiger partial charge in [-0.3, -0.25) is 4.79 Å². The zero-order valence-corrected chi connectivity index (χ0v) is 9.73. The van der Waals surface area contributed by atoms with Gasteiger partial charge in [0.25, 0.3) is 0 Å². The van der Waals surface area contributed by atoms with Crippen LogP contribution in [0.2, 0.25) is 0 Å². The summed E-state index contributed by atoms with van der Waals surface area (Å²) < 4.78 is 12.7. The van der Waals surface area contributed by atoms with Gasteiger partial charge in [0, 0.05) is 0 Å². The summed E-state index contributed by atoms with van der Waals surface area (Å²) >= 11 is 0. The molecule has 0 heterocycles. The third-order valence-corrected chi connectivity index (χ3v) is 3.63. The van der Waals surface area contributed by atoms with Crippen LogP contribution in [-0.4, -0.2) is 11.1 Å². The van der Waals surface area contributed by atoms with Gasteiger partial charge in [0.05, 0.1) is 5.92 Å². The van der Waals surface area contributed by atoms with Crippen molar-refractivity contribution in [2.45, 2.75) is 32.1 Å². The summed E-state index contributed by atoms with van der Waals surface area (Å²) in [7, 11) is 0. The van der Waals surface area contributed by atoms with Crippen LogP contribution in [0.1, 0.15) is 31.2 Å². The van der Waals surface area contributed by atoms with E-state index in [2.05, 4.69) is 0 Å². The van der Waals surface area contributed by atoms with E-state index in [-0.39, 0.29) is 11.7 Å². The highest BCUT2D eigenvalue weighted by molar-refractivity contribution is 5.69. The van der Waals surface area contributed by atoms with Crippen LogP contribution >= 0.6 is 0 Å². The van der Waals surface area contributed by atoms with Crippen LogP contribution in [0, 0.1) is 17.7 Å². The molecule has 1 N–H and O–H groups in total. The molecule has 3 heteroatoms. The number of carbonyl (C=O) groups is 1. The molecule has 0 saturated heterocycles. The van der Waals surface area contributed by atoms with Crippen molar-refractivity contribution in [2.75, 3.05) is 0 Å². The molecule has 0 atom stereocenters. The van der Waals surface area contributed by atoms with E-state index in [4.69, 9.17) is 5.11 Å². The molecule has 0 aliphatic heterocycles. The average molecular weight is 236 g/mol. The first-order chi connectivity index (χ1) is 8.15. The molecule has 2 rings (SSSR count). The Balaban J connectivity index is 1.85. The number of carboxylic acids is 1. The van der Waals surface area contributed by atoms with E-state index in [1.807, 2.05) is 12.1 Å². The molecule has 2 nitrogen and oxygen atoms in total. The number of benzene rings is 1. The molecule has 0 bridgehead atoms. The third-order valence-electron chi connectivity index (χ3n) is 3.63. The Morgan fingerprint density at radius 3 is 2.29 bits per heavy atom. The van der Waals surface area contributed by atoms with Crippen LogP contribution in [-0.2, 0) is 11.2 Å². The van der Waals surface area contributed by atoms with Crippen molar-refractivity contribution in [3.8, 4) is 0 Å². The minimum atomic E-state index is -0.662. The second kappa shape index (κ2) is 5.30. The van der Waals surface area contributed by atoms with Gasteiger partial charge < -0.3 is 5.11 Å². The summed E-state index contributed by atoms with van der Waals surface area (Å²) in [5.74, 6) is -0.468. The van der Waals surface area contributed by atoms with E-state index in [1.54, 1.807) is 0 Å². The molecule has 1 aliphatic carbocycles. The van der Waals surface area contributed by atoms with E-state index in [1.165, 1.54) is 12.1 Å². The minimum absolute atomic E-state index is 0.153. The van der Waals surface area contributed by atoms with Gasteiger partial charge in [0.15, 0.2) is 0 Å². The SMILES string of the molecule is O=C(O)C1CCC(Cc2ccc(F)cc2)CC1. The molecule has 1 aromatic rings. The fraction of sp³-hybridized carbons (Fsp3) is 0.500. The zero-order chi connectivity index (χ0) is 12.3. The number of halogens is 1. The Hall–Kier alpha value is -1.38. The van der Waals surface area contributed by atoms with Gasteiger partial charge in [0.1, 0.15) is 5.82 Å². The first-order valence-electron chi connectivity index (χ1n) is 6.12. The molecule has 1 aromatic carbocycles. The van der Waals surface area contributed by atoms with Crippen LogP contribution in [0.5, 0.6) is 0 Å². The van der Waals surface area contributed by atoms with Crippen molar-refractivity contribution in [1.82, 2.24) is 0 Å². The van der Waals surface area contributed by atoms with Crippen LogP contribution < -0.4 is 0 Å². The van der Waals surface area contributed by atoms with Gasteiger partial charge in [-0.05, 0) is 55.7 Å². The van der Waals surface area contributed by atoms with Crippen molar-refractivity contribution in [1.29, 1.82) is 0 Å². The van der Waals surface area contributed by atoms with Gasteiger partial charge in [-0.15, -0.1) is 0 Å². The van der Waals surface area contributed by atoms with E-state index in [0.717, 1.165) is 37.7 Å². The predicted octanol–water partition coefficient (Wildman–Crippen LogP) is 3.26. The van der Waals surface area contributed by atoms with Crippen molar-refractivity contribution in [3.63, 3.8) is 0 Å². The Bertz CT molecular complexity index is 378. The number of carboxylic acid groups (broad SMARTS) is 1. The van der Waals surface area contributed by atoms with Crippen LogP contribution in [0.3, 0.4) is 0 Å². The van der Waals surface area contributed by atoms with Crippen LogP contribution in [0.4, 0.5) is 4.39 Å². The summed E-state index contributed by atoms with van der Waals surface area (Å²) in [4.78, 5) is 10.8. The van der Waals surface area contributed by atoms with Gasteiger partial charge in [0.2, 0.25) is 0 Å². The predicted molar refractivity (Wildman–Crippen MR) is 63.2 cm³/mol. The fourth-order valence-corrected chi connectivity index (χ4v) is 2.57. The van der Waals surface area contributed by atoms with Crippen LogP contribution in [0.25, 0.3) is 0 Å². The first kappa shape index (κ1) is 12.1. The standard InChI is InChI=1S/C14H17FO2/c15-13-7-3-11(4-8-13)9-10-1-5-12(6-2-10)14(16)17/h3-4,7-8,10,12H,1-2,5-6,9H2,(H,16,17). The highest BCUT2D eigenvalue weighted by atomic mass is 19.1. The number of hydrogen-bond acceptors (Lipinski definition) is 1. The Labute approximate surface area is 100 Å². The highest BCUT2D eigenvalue weighted by Gasteiger charge is 2.25. The first-order valence-corrected chi connectivity index (χ1v) is 6.12. The summed E-state index contributed by atoms with van der Waals surface area (Å²) in [5, 5.41) is 8.90. The smallest absolute Gasteiger partial charge is 0.306 e. The second-order valence-electron chi connectivity index (χ2n) is 4.89. The van der Waals surface area contributed by atoms with Crippen molar-refractivity contribution >= 4 is 5.97 Å². The van der Waals surface area contributed by atoms with Crippen molar-refractivity contribution < 1.29 is 14.3 Å². The lowest BCUT2D eigenvalue weighted by molar-refractivity contribution is -0.143. The summed E-state index contributed by atoms with van der Waals surface area (Å²) in [5.41, 5.74) is 1.14. The van der Waals surface area contributed by atoms with Gasteiger partial charge in [-0.2, -0.15) is 0 Å². The highest BCUT2D eigenvalue weighted by Crippen LogP contribution is 2.31. The molecule has 17 heavy (non-hydrogen) atoms. The summed E-state index contributed by atoms with van der Waals surface area (Å²) in [6.07, 6.45) is 4.43.